The van der Waals surface area contributed by atoms with E-state index in [2.05, 4.69) is 22.1 Å². The van der Waals surface area contributed by atoms with Gasteiger partial charge in [-0.15, -0.1) is 0 Å². The van der Waals surface area contributed by atoms with Crippen LogP contribution in [0.2, 0.25) is 0 Å². The van der Waals surface area contributed by atoms with Crippen molar-refractivity contribution in [3.05, 3.63) is 48.3 Å². The van der Waals surface area contributed by atoms with Crippen LogP contribution in [-0.2, 0) is 0 Å². The van der Waals surface area contributed by atoms with Crippen molar-refractivity contribution in [2.45, 2.75) is 6.92 Å². The average Bonchev–Trinajstić information content (AvgIpc) is 2.72. The topological polar surface area (TPSA) is 54.7 Å². The molecule has 0 bridgehead atoms. The lowest BCUT2D eigenvalue weighted by atomic mass is 10.1. The summed E-state index contributed by atoms with van der Waals surface area (Å²) in [7, 11) is 0. The third-order valence-electron chi connectivity index (χ3n) is 2.85. The second-order valence-electron chi connectivity index (χ2n) is 4.22. The van der Waals surface area contributed by atoms with Crippen LogP contribution in [0.15, 0.2) is 42.6 Å². The zero-order valence-electron chi connectivity index (χ0n) is 9.57. The zero-order chi connectivity index (χ0) is 11.8. The van der Waals surface area contributed by atoms with E-state index in [1.807, 2.05) is 37.4 Å². The summed E-state index contributed by atoms with van der Waals surface area (Å²) in [6.07, 6.45) is 1.82. The normalized spacial score (nSPS) is 10.9. The Morgan fingerprint density at radius 2 is 2.00 bits per heavy atom. The Hall–Kier alpha value is -2.29. The standard InChI is InChI=1S/C14H13N3/c1-9-6-11(4-5-16-9)13-7-10-2-3-12(15)8-14(10)17-13/h2-8,17H,15H2,1H3. The van der Waals surface area contributed by atoms with E-state index in [9.17, 15) is 0 Å². The van der Waals surface area contributed by atoms with Crippen LogP contribution in [0, 0.1) is 6.92 Å². The summed E-state index contributed by atoms with van der Waals surface area (Å²) >= 11 is 0. The van der Waals surface area contributed by atoms with E-state index >= 15 is 0 Å². The number of hydrogen-bond acceptors (Lipinski definition) is 2. The number of nitrogens with zero attached hydrogens (tertiary/aromatic N) is 1. The van der Waals surface area contributed by atoms with Gasteiger partial charge in [0, 0.05) is 39.7 Å². The molecule has 3 nitrogen and oxygen atoms in total. The molecule has 0 aliphatic heterocycles. The quantitative estimate of drug-likeness (QED) is 0.623. The number of aryl methyl sites for hydroxylation is 1. The van der Waals surface area contributed by atoms with E-state index < -0.39 is 0 Å². The van der Waals surface area contributed by atoms with E-state index in [0.717, 1.165) is 28.2 Å². The maximum Gasteiger partial charge on any atom is 0.0479 e. The lowest BCUT2D eigenvalue weighted by Crippen LogP contribution is -1.83. The molecule has 1 aromatic carbocycles. The van der Waals surface area contributed by atoms with Gasteiger partial charge in [0.25, 0.3) is 0 Å². The number of fused-ring (bicyclic) bond motifs is 1. The number of H-pyrrole nitrogens is 1. The summed E-state index contributed by atoms with van der Waals surface area (Å²) in [6, 6.07) is 12.1. The Labute approximate surface area is 99.3 Å². The fourth-order valence-corrected chi connectivity index (χ4v) is 2.01. The fourth-order valence-electron chi connectivity index (χ4n) is 2.01. The molecule has 3 heteroatoms. The van der Waals surface area contributed by atoms with Crippen LogP contribution in [0.3, 0.4) is 0 Å². The van der Waals surface area contributed by atoms with Gasteiger partial charge in [-0.3, -0.25) is 4.98 Å². The Morgan fingerprint density at radius 3 is 2.82 bits per heavy atom. The number of hydrogen-bond donors (Lipinski definition) is 2. The van der Waals surface area contributed by atoms with Crippen molar-refractivity contribution in [2.24, 2.45) is 0 Å². The van der Waals surface area contributed by atoms with Gasteiger partial charge in [0.2, 0.25) is 0 Å². The molecule has 3 rings (SSSR count). The SMILES string of the molecule is Cc1cc(-c2cc3ccc(N)cc3[nH]2)ccn1. The molecule has 84 valence electrons. The highest BCUT2D eigenvalue weighted by atomic mass is 14.7. The molecule has 0 radical (unpaired) electrons. The van der Waals surface area contributed by atoms with E-state index in [1.54, 1.807) is 0 Å². The number of nitrogen functional groups attached to an aromatic ring is 1. The van der Waals surface area contributed by atoms with E-state index in [4.69, 9.17) is 5.73 Å². The van der Waals surface area contributed by atoms with Gasteiger partial charge in [-0.2, -0.15) is 0 Å². The van der Waals surface area contributed by atoms with E-state index in [-0.39, 0.29) is 0 Å². The predicted molar refractivity (Wildman–Crippen MR) is 70.7 cm³/mol. The largest absolute Gasteiger partial charge is 0.399 e. The summed E-state index contributed by atoms with van der Waals surface area (Å²) in [5, 5.41) is 1.17. The second-order valence-corrected chi connectivity index (χ2v) is 4.22. The molecule has 0 unspecified atom stereocenters. The highest BCUT2D eigenvalue weighted by molar-refractivity contribution is 5.87. The Kier molecular flexibility index (Phi) is 2.11. The number of aromatic nitrogens is 2. The van der Waals surface area contributed by atoms with Crippen LogP contribution in [0.4, 0.5) is 5.69 Å². The first-order valence-corrected chi connectivity index (χ1v) is 5.54. The van der Waals surface area contributed by atoms with Crippen molar-refractivity contribution in [1.29, 1.82) is 0 Å². The van der Waals surface area contributed by atoms with Crippen LogP contribution >= 0.6 is 0 Å². The van der Waals surface area contributed by atoms with Crippen LogP contribution in [0.5, 0.6) is 0 Å². The molecular formula is C14H13N3. The molecule has 0 saturated carbocycles. The highest BCUT2D eigenvalue weighted by Crippen LogP contribution is 2.25. The molecule has 0 aliphatic rings. The van der Waals surface area contributed by atoms with Crippen molar-refractivity contribution in [3.63, 3.8) is 0 Å². The smallest absolute Gasteiger partial charge is 0.0479 e. The molecule has 0 atom stereocenters. The molecule has 3 aromatic rings. The molecule has 0 fully saturated rings. The van der Waals surface area contributed by atoms with Crippen LogP contribution < -0.4 is 5.73 Å². The predicted octanol–water partition coefficient (Wildman–Crippen LogP) is 3.12. The molecule has 17 heavy (non-hydrogen) atoms. The van der Waals surface area contributed by atoms with Gasteiger partial charge < -0.3 is 10.7 Å². The van der Waals surface area contributed by atoms with Gasteiger partial charge in [-0.1, -0.05) is 6.07 Å². The molecule has 2 aromatic heterocycles. The van der Waals surface area contributed by atoms with Crippen molar-refractivity contribution in [1.82, 2.24) is 9.97 Å². The van der Waals surface area contributed by atoms with Gasteiger partial charge in [0.15, 0.2) is 0 Å². The number of anilines is 1. The molecule has 0 amide bonds. The molecule has 3 N–H and O–H groups in total. The molecule has 2 heterocycles. The van der Waals surface area contributed by atoms with Gasteiger partial charge >= 0.3 is 0 Å². The van der Waals surface area contributed by atoms with Crippen LogP contribution in [0.1, 0.15) is 5.69 Å². The van der Waals surface area contributed by atoms with Crippen molar-refractivity contribution < 1.29 is 0 Å². The highest BCUT2D eigenvalue weighted by Gasteiger charge is 2.03. The number of nitrogens with two attached hydrogens (primary N) is 1. The first kappa shape index (κ1) is 9.90. The average molecular weight is 223 g/mol. The lowest BCUT2D eigenvalue weighted by molar-refractivity contribution is 1.20. The van der Waals surface area contributed by atoms with E-state index in [0.29, 0.717) is 0 Å². The summed E-state index contributed by atoms with van der Waals surface area (Å²) in [4.78, 5) is 7.57. The van der Waals surface area contributed by atoms with Crippen LogP contribution in [-0.4, -0.2) is 9.97 Å². The molecule has 0 aliphatic carbocycles. The monoisotopic (exact) mass is 223 g/mol. The van der Waals surface area contributed by atoms with Crippen molar-refractivity contribution in [3.8, 4) is 11.3 Å². The van der Waals surface area contributed by atoms with Crippen LogP contribution in [0.25, 0.3) is 22.2 Å². The summed E-state index contributed by atoms with van der Waals surface area (Å²) in [5.74, 6) is 0. The van der Waals surface area contributed by atoms with Gasteiger partial charge in [0.05, 0.1) is 0 Å². The minimum absolute atomic E-state index is 0.775. The Morgan fingerprint density at radius 1 is 1.12 bits per heavy atom. The van der Waals surface area contributed by atoms with Gasteiger partial charge in [0.1, 0.15) is 0 Å². The lowest BCUT2D eigenvalue weighted by Gasteiger charge is -1.98. The minimum atomic E-state index is 0.775. The number of rotatable bonds is 1. The van der Waals surface area contributed by atoms with E-state index in [1.165, 1.54) is 5.39 Å². The fraction of sp³-hybridized carbons (Fsp3) is 0.0714. The summed E-state index contributed by atoms with van der Waals surface area (Å²) in [6.45, 7) is 1.99. The minimum Gasteiger partial charge on any atom is -0.399 e. The third-order valence-corrected chi connectivity index (χ3v) is 2.85. The van der Waals surface area contributed by atoms with Gasteiger partial charge in [-0.05, 0) is 37.3 Å². The zero-order valence-corrected chi connectivity index (χ0v) is 9.57. The maximum atomic E-state index is 5.77. The Balaban J connectivity index is 2.18. The third kappa shape index (κ3) is 1.76. The number of pyridine rings is 1. The summed E-state index contributed by atoms with van der Waals surface area (Å²) < 4.78 is 0. The maximum absolute atomic E-state index is 5.77. The van der Waals surface area contributed by atoms with Crippen molar-refractivity contribution in [2.75, 3.05) is 5.73 Å². The van der Waals surface area contributed by atoms with Gasteiger partial charge in [-0.25, -0.2) is 0 Å². The number of benzene rings is 1. The first-order valence-electron chi connectivity index (χ1n) is 5.54. The second kappa shape index (κ2) is 3.63. The number of aromatic amines is 1. The number of nitrogens with one attached hydrogen (secondary N) is 1. The molecule has 0 spiro atoms. The first-order chi connectivity index (χ1) is 8.22. The molecular weight excluding hydrogens is 210 g/mol. The molecule has 0 saturated heterocycles. The Bertz CT molecular complexity index is 683. The summed E-state index contributed by atoms with van der Waals surface area (Å²) in [5.41, 5.74) is 10.9. The van der Waals surface area contributed by atoms with Crippen molar-refractivity contribution >= 4 is 16.6 Å².